The van der Waals surface area contributed by atoms with Crippen LogP contribution in [0.25, 0.3) is 10.1 Å². The van der Waals surface area contributed by atoms with E-state index >= 15 is 0 Å². The van der Waals surface area contributed by atoms with E-state index in [-0.39, 0.29) is 5.56 Å². The summed E-state index contributed by atoms with van der Waals surface area (Å²) in [4.78, 5) is 14.7. The molecule has 0 radical (unpaired) electrons. The van der Waals surface area contributed by atoms with Crippen molar-refractivity contribution < 1.29 is 0 Å². The Morgan fingerprint density at radius 1 is 1.27 bits per heavy atom. The third-order valence-corrected chi connectivity index (χ3v) is 2.29. The molecule has 0 bridgehead atoms. The molecule has 0 saturated heterocycles. The molecule has 0 spiro atoms. The number of rotatable bonds is 0. The molecule has 2 rings (SSSR count). The predicted octanol–water partition coefficient (Wildman–Crippen LogP) is 1.66. The maximum absolute atomic E-state index is 11.1. The second kappa shape index (κ2) is 2.43. The monoisotopic (exact) mass is 163 g/mol. The Morgan fingerprint density at radius 3 is 2.91 bits per heavy atom. The summed E-state index contributed by atoms with van der Waals surface area (Å²) in [5.41, 5.74) is 1.43. The van der Waals surface area contributed by atoms with Crippen molar-refractivity contribution in [3.8, 4) is 0 Å². The van der Waals surface area contributed by atoms with Crippen molar-refractivity contribution in [3.05, 3.63) is 40.1 Å². The molecule has 54 valence electrons. The topological polar surface area (TPSA) is 30.0 Å². The van der Waals surface area contributed by atoms with E-state index < -0.39 is 0 Å². The minimum atomic E-state index is -0.139. The lowest BCUT2D eigenvalue weighted by molar-refractivity contribution is 1.32. The van der Waals surface area contributed by atoms with Gasteiger partial charge in [0.25, 0.3) is 5.56 Å². The summed E-state index contributed by atoms with van der Waals surface area (Å²) in [5, 5.41) is 0.708. The summed E-state index contributed by atoms with van der Waals surface area (Å²) < 4.78 is 0.993. The molecule has 2 nitrogen and oxygen atoms in total. The zero-order valence-electron chi connectivity index (χ0n) is 5.65. The standard InChI is InChI=1S/C8H5NOS/c10-8-6-3-1-2-4-7(6)11-5-9-8/h1-5H. The Bertz CT molecular complexity index is 430. The molecule has 0 unspecified atom stereocenters. The van der Waals surface area contributed by atoms with Crippen LogP contribution in [0.2, 0.25) is 0 Å². The van der Waals surface area contributed by atoms with Crippen LogP contribution < -0.4 is 5.56 Å². The van der Waals surface area contributed by atoms with E-state index in [4.69, 9.17) is 0 Å². The van der Waals surface area contributed by atoms with Crippen LogP contribution >= 0.6 is 11.3 Å². The zero-order chi connectivity index (χ0) is 7.68. The lowest BCUT2D eigenvalue weighted by Crippen LogP contribution is -2.02. The van der Waals surface area contributed by atoms with Crippen LogP contribution in [0.4, 0.5) is 0 Å². The number of benzene rings is 1. The van der Waals surface area contributed by atoms with E-state index in [1.54, 1.807) is 11.6 Å². The summed E-state index contributed by atoms with van der Waals surface area (Å²) in [7, 11) is 0. The summed E-state index contributed by atoms with van der Waals surface area (Å²) in [6.07, 6.45) is 0. The van der Waals surface area contributed by atoms with E-state index in [1.165, 1.54) is 11.3 Å². The minimum Gasteiger partial charge on any atom is -0.267 e. The molecule has 1 aromatic carbocycles. The lowest BCUT2D eigenvalue weighted by Gasteiger charge is -1.90. The molecular weight excluding hydrogens is 158 g/mol. The minimum absolute atomic E-state index is 0.139. The fraction of sp³-hybridized carbons (Fsp3) is 0. The molecule has 0 N–H and O–H groups in total. The van der Waals surface area contributed by atoms with Gasteiger partial charge in [-0.2, -0.15) is 0 Å². The largest absolute Gasteiger partial charge is 0.279 e. The van der Waals surface area contributed by atoms with Crippen LogP contribution in [0.15, 0.2) is 34.6 Å². The van der Waals surface area contributed by atoms with Gasteiger partial charge >= 0.3 is 0 Å². The quantitative estimate of drug-likeness (QED) is 0.591. The molecule has 11 heavy (non-hydrogen) atoms. The van der Waals surface area contributed by atoms with Gasteiger partial charge in [0.05, 0.1) is 10.9 Å². The molecule has 0 atom stereocenters. The van der Waals surface area contributed by atoms with Gasteiger partial charge in [-0.05, 0) is 12.1 Å². The first-order valence-corrected chi connectivity index (χ1v) is 4.08. The summed E-state index contributed by atoms with van der Waals surface area (Å²) in [5.74, 6) is 0. The van der Waals surface area contributed by atoms with Crippen molar-refractivity contribution in [2.24, 2.45) is 0 Å². The fourth-order valence-electron chi connectivity index (χ4n) is 0.947. The number of aromatic nitrogens is 1. The maximum Gasteiger partial charge on any atom is 0.279 e. The Hall–Kier alpha value is -1.22. The third-order valence-electron chi connectivity index (χ3n) is 1.47. The fourth-order valence-corrected chi connectivity index (χ4v) is 1.65. The van der Waals surface area contributed by atoms with Gasteiger partial charge in [0, 0.05) is 4.70 Å². The van der Waals surface area contributed by atoms with Crippen LogP contribution in [0.1, 0.15) is 0 Å². The molecule has 3 heteroatoms. The van der Waals surface area contributed by atoms with Gasteiger partial charge in [-0.1, -0.05) is 12.1 Å². The third kappa shape index (κ3) is 1.03. The number of hydrogen-bond donors (Lipinski definition) is 0. The smallest absolute Gasteiger partial charge is 0.267 e. The molecule has 2 aromatic rings. The average Bonchev–Trinajstić information content (AvgIpc) is 2.06. The molecule has 0 fully saturated rings. The van der Waals surface area contributed by atoms with Crippen molar-refractivity contribution in [1.82, 2.24) is 4.98 Å². The molecule has 0 amide bonds. The number of hydrogen-bond acceptors (Lipinski definition) is 3. The summed E-state index contributed by atoms with van der Waals surface area (Å²) >= 11 is 1.48. The number of fused-ring (bicyclic) bond motifs is 1. The van der Waals surface area contributed by atoms with E-state index in [2.05, 4.69) is 4.98 Å². The van der Waals surface area contributed by atoms with Crippen LogP contribution in [-0.2, 0) is 0 Å². The SMILES string of the molecule is O=c1ncsc2ccccc12. The molecule has 0 aliphatic heterocycles. The van der Waals surface area contributed by atoms with Crippen molar-refractivity contribution in [2.45, 2.75) is 0 Å². The van der Waals surface area contributed by atoms with Crippen LogP contribution in [0.5, 0.6) is 0 Å². The maximum atomic E-state index is 11.1. The van der Waals surface area contributed by atoms with E-state index in [0.29, 0.717) is 5.39 Å². The molecule has 0 aliphatic rings. The van der Waals surface area contributed by atoms with E-state index in [1.807, 2.05) is 18.2 Å². The van der Waals surface area contributed by atoms with Gasteiger partial charge < -0.3 is 0 Å². The number of nitrogens with zero attached hydrogens (tertiary/aromatic N) is 1. The molecular formula is C8H5NOS. The highest BCUT2D eigenvalue weighted by atomic mass is 32.1. The van der Waals surface area contributed by atoms with Crippen molar-refractivity contribution >= 4 is 21.4 Å². The van der Waals surface area contributed by atoms with Gasteiger partial charge in [0.2, 0.25) is 0 Å². The van der Waals surface area contributed by atoms with Gasteiger partial charge in [-0.25, -0.2) is 4.98 Å². The van der Waals surface area contributed by atoms with Gasteiger partial charge in [0.15, 0.2) is 0 Å². The van der Waals surface area contributed by atoms with Crippen molar-refractivity contribution in [3.63, 3.8) is 0 Å². The lowest BCUT2D eigenvalue weighted by atomic mass is 10.3. The van der Waals surface area contributed by atoms with Crippen LogP contribution in [0, 0.1) is 0 Å². The highest BCUT2D eigenvalue weighted by molar-refractivity contribution is 7.16. The first-order chi connectivity index (χ1) is 5.38. The average molecular weight is 163 g/mol. The molecule has 1 heterocycles. The van der Waals surface area contributed by atoms with E-state index in [0.717, 1.165) is 4.70 Å². The summed E-state index contributed by atoms with van der Waals surface area (Å²) in [6.45, 7) is 0. The normalized spacial score (nSPS) is 10.2. The van der Waals surface area contributed by atoms with Gasteiger partial charge in [0.1, 0.15) is 0 Å². The Kier molecular flexibility index (Phi) is 1.43. The van der Waals surface area contributed by atoms with Crippen LogP contribution in [-0.4, -0.2) is 4.98 Å². The second-order valence-electron chi connectivity index (χ2n) is 2.15. The van der Waals surface area contributed by atoms with Gasteiger partial charge in [-0.15, -0.1) is 11.3 Å². The highest BCUT2D eigenvalue weighted by Crippen LogP contribution is 2.11. The first-order valence-electron chi connectivity index (χ1n) is 3.20. The first kappa shape index (κ1) is 6.49. The Morgan fingerprint density at radius 2 is 2.09 bits per heavy atom. The molecule has 0 saturated carbocycles. The van der Waals surface area contributed by atoms with Crippen molar-refractivity contribution in [1.29, 1.82) is 0 Å². The Balaban J connectivity index is 3.03. The van der Waals surface area contributed by atoms with E-state index in [9.17, 15) is 4.79 Å². The van der Waals surface area contributed by atoms with Gasteiger partial charge in [-0.3, -0.25) is 4.79 Å². The second-order valence-corrected chi connectivity index (χ2v) is 3.04. The Labute approximate surface area is 67.1 Å². The molecule has 1 aromatic heterocycles. The molecule has 0 aliphatic carbocycles. The highest BCUT2D eigenvalue weighted by Gasteiger charge is 1.94. The van der Waals surface area contributed by atoms with Crippen LogP contribution in [0.3, 0.4) is 0 Å². The zero-order valence-corrected chi connectivity index (χ0v) is 6.47. The summed E-state index contributed by atoms with van der Waals surface area (Å²) in [6, 6.07) is 7.47. The van der Waals surface area contributed by atoms with Crippen molar-refractivity contribution in [2.75, 3.05) is 0 Å². The predicted molar refractivity (Wildman–Crippen MR) is 45.9 cm³/mol.